The number of imide groups is 1. The predicted octanol–water partition coefficient (Wildman–Crippen LogP) is 1.53. The summed E-state index contributed by atoms with van der Waals surface area (Å²) in [4.78, 5) is 38.2. The molecule has 2 unspecified atom stereocenters. The molecule has 27 heavy (non-hydrogen) atoms. The molecule has 3 amide bonds. The summed E-state index contributed by atoms with van der Waals surface area (Å²) >= 11 is 0. The summed E-state index contributed by atoms with van der Waals surface area (Å²) in [6.45, 7) is 1.44. The number of ether oxygens (including phenoxy) is 1. The van der Waals surface area contributed by atoms with E-state index >= 15 is 0 Å². The zero-order valence-corrected chi connectivity index (χ0v) is 15.0. The highest BCUT2D eigenvalue weighted by Crippen LogP contribution is 2.24. The van der Waals surface area contributed by atoms with E-state index in [1.165, 1.54) is 6.92 Å². The normalized spacial score (nSPS) is 15.3. The second kappa shape index (κ2) is 7.59. The van der Waals surface area contributed by atoms with Gasteiger partial charge in [-0.1, -0.05) is 24.3 Å². The third kappa shape index (κ3) is 3.54. The van der Waals surface area contributed by atoms with Crippen molar-refractivity contribution in [3.8, 4) is 5.75 Å². The first kappa shape index (κ1) is 18.6. The van der Waals surface area contributed by atoms with Crippen LogP contribution in [0, 0.1) is 0 Å². The van der Waals surface area contributed by atoms with E-state index in [0.29, 0.717) is 22.4 Å². The number of benzene rings is 2. The van der Waals surface area contributed by atoms with E-state index in [4.69, 9.17) is 4.74 Å². The van der Waals surface area contributed by atoms with E-state index in [1.807, 2.05) is 0 Å². The molecule has 0 aromatic heterocycles. The maximum absolute atomic E-state index is 12.4. The molecule has 140 valence electrons. The molecule has 1 aliphatic heterocycles. The van der Waals surface area contributed by atoms with Crippen molar-refractivity contribution < 1.29 is 24.2 Å². The minimum atomic E-state index is -0.986. The van der Waals surface area contributed by atoms with Gasteiger partial charge < -0.3 is 15.2 Å². The zero-order valence-electron chi connectivity index (χ0n) is 15.0. The number of hydrogen-bond acceptors (Lipinski definition) is 5. The summed E-state index contributed by atoms with van der Waals surface area (Å²) < 4.78 is 5.06. The van der Waals surface area contributed by atoms with Gasteiger partial charge in [-0.2, -0.15) is 0 Å². The van der Waals surface area contributed by atoms with Crippen molar-refractivity contribution in [3.05, 3.63) is 65.2 Å². The van der Waals surface area contributed by atoms with Crippen LogP contribution in [0.4, 0.5) is 0 Å². The molecule has 2 N–H and O–H groups in total. The number of amides is 3. The van der Waals surface area contributed by atoms with Crippen molar-refractivity contribution in [2.75, 3.05) is 13.7 Å². The van der Waals surface area contributed by atoms with Crippen LogP contribution in [0.15, 0.2) is 48.5 Å². The molecule has 0 saturated heterocycles. The highest BCUT2D eigenvalue weighted by molar-refractivity contribution is 6.22. The third-order valence-corrected chi connectivity index (χ3v) is 4.56. The molecule has 0 fully saturated rings. The fraction of sp³-hybridized carbons (Fsp3) is 0.250. The molecule has 1 heterocycles. The van der Waals surface area contributed by atoms with Gasteiger partial charge in [0.1, 0.15) is 11.8 Å². The summed E-state index contributed by atoms with van der Waals surface area (Å²) in [5, 5.41) is 12.8. The third-order valence-electron chi connectivity index (χ3n) is 4.56. The van der Waals surface area contributed by atoms with Crippen LogP contribution in [-0.4, -0.2) is 47.4 Å². The molecule has 0 radical (unpaired) electrons. The summed E-state index contributed by atoms with van der Waals surface area (Å²) in [7, 11) is 1.55. The van der Waals surface area contributed by atoms with Gasteiger partial charge in [0.05, 0.1) is 24.3 Å². The van der Waals surface area contributed by atoms with Crippen LogP contribution in [0.1, 0.15) is 39.3 Å². The number of nitrogens with zero attached hydrogens (tertiary/aromatic N) is 1. The highest BCUT2D eigenvalue weighted by Gasteiger charge is 2.40. The molecule has 0 saturated carbocycles. The quantitative estimate of drug-likeness (QED) is 0.754. The van der Waals surface area contributed by atoms with Gasteiger partial charge in [-0.25, -0.2) is 0 Å². The first-order valence-corrected chi connectivity index (χ1v) is 8.50. The smallest absolute Gasteiger partial charge is 0.262 e. The monoisotopic (exact) mass is 368 g/mol. The Labute approximate surface area is 156 Å². The Morgan fingerprint density at radius 1 is 1.07 bits per heavy atom. The minimum absolute atomic E-state index is 0.0430. The van der Waals surface area contributed by atoms with Gasteiger partial charge in [0.15, 0.2) is 0 Å². The van der Waals surface area contributed by atoms with Crippen molar-refractivity contribution >= 4 is 17.7 Å². The number of rotatable bonds is 6. The van der Waals surface area contributed by atoms with E-state index in [1.54, 1.807) is 55.6 Å². The van der Waals surface area contributed by atoms with Gasteiger partial charge in [0, 0.05) is 6.54 Å². The van der Waals surface area contributed by atoms with E-state index in [0.717, 1.165) is 4.90 Å². The Morgan fingerprint density at radius 3 is 2.15 bits per heavy atom. The van der Waals surface area contributed by atoms with Crippen LogP contribution < -0.4 is 10.1 Å². The van der Waals surface area contributed by atoms with Crippen molar-refractivity contribution in [1.82, 2.24) is 10.2 Å². The Balaban J connectivity index is 1.63. The molecular formula is C20H20N2O5. The zero-order chi connectivity index (χ0) is 19.6. The van der Waals surface area contributed by atoms with Crippen molar-refractivity contribution in [1.29, 1.82) is 0 Å². The van der Waals surface area contributed by atoms with Crippen molar-refractivity contribution in [2.45, 2.75) is 19.1 Å². The van der Waals surface area contributed by atoms with Gasteiger partial charge in [-0.15, -0.1) is 0 Å². The number of aliphatic hydroxyl groups excluding tert-OH is 1. The molecule has 2 aromatic rings. The molecule has 0 aliphatic carbocycles. The molecule has 7 heteroatoms. The van der Waals surface area contributed by atoms with E-state index in [-0.39, 0.29) is 6.54 Å². The largest absolute Gasteiger partial charge is 0.497 e. The molecule has 1 aliphatic rings. The van der Waals surface area contributed by atoms with E-state index < -0.39 is 29.9 Å². The lowest BCUT2D eigenvalue weighted by Crippen LogP contribution is -2.48. The fourth-order valence-corrected chi connectivity index (χ4v) is 2.97. The van der Waals surface area contributed by atoms with Crippen molar-refractivity contribution in [3.63, 3.8) is 0 Å². The lowest BCUT2D eigenvalue weighted by molar-refractivity contribution is -0.125. The van der Waals surface area contributed by atoms with Crippen LogP contribution in [0.25, 0.3) is 0 Å². The van der Waals surface area contributed by atoms with Crippen LogP contribution >= 0.6 is 0 Å². The maximum atomic E-state index is 12.4. The van der Waals surface area contributed by atoms with Crippen LogP contribution in [0.3, 0.4) is 0 Å². The van der Waals surface area contributed by atoms with Crippen LogP contribution in [0.2, 0.25) is 0 Å². The van der Waals surface area contributed by atoms with Crippen molar-refractivity contribution in [2.24, 2.45) is 0 Å². The van der Waals surface area contributed by atoms with Crippen LogP contribution in [-0.2, 0) is 4.79 Å². The van der Waals surface area contributed by atoms with Gasteiger partial charge in [0.2, 0.25) is 5.91 Å². The molecule has 0 spiro atoms. The average Bonchev–Trinajstić information content (AvgIpc) is 2.96. The standard InChI is InChI=1S/C20H20N2O5/c1-12(22-19(25)15-5-3-4-6-16(15)20(22)26)18(24)21-11-17(23)13-7-9-14(27-2)10-8-13/h3-10,12,17,23H,11H2,1-2H3,(H,21,24). The Morgan fingerprint density at radius 2 is 1.63 bits per heavy atom. The average molecular weight is 368 g/mol. The Kier molecular flexibility index (Phi) is 5.23. The lowest BCUT2D eigenvalue weighted by Gasteiger charge is -2.22. The van der Waals surface area contributed by atoms with Gasteiger partial charge in [0.25, 0.3) is 11.8 Å². The Hall–Kier alpha value is -3.19. The fourth-order valence-electron chi connectivity index (χ4n) is 2.97. The summed E-state index contributed by atoms with van der Waals surface area (Å²) in [5.41, 5.74) is 1.20. The first-order chi connectivity index (χ1) is 12.9. The topological polar surface area (TPSA) is 95.9 Å². The highest BCUT2D eigenvalue weighted by atomic mass is 16.5. The Bertz CT molecular complexity index is 843. The summed E-state index contributed by atoms with van der Waals surface area (Å²) in [6, 6.07) is 12.3. The molecule has 3 rings (SSSR count). The second-order valence-electron chi connectivity index (χ2n) is 6.24. The number of hydrogen-bond donors (Lipinski definition) is 2. The number of carbonyl (C=O) groups is 3. The molecule has 7 nitrogen and oxygen atoms in total. The summed E-state index contributed by atoms with van der Waals surface area (Å²) in [5.74, 6) is -0.839. The lowest BCUT2D eigenvalue weighted by atomic mass is 10.1. The molecular weight excluding hydrogens is 348 g/mol. The SMILES string of the molecule is COc1ccc(C(O)CNC(=O)C(C)N2C(=O)c3ccccc3C2=O)cc1. The number of methoxy groups -OCH3 is 1. The van der Waals surface area contributed by atoms with Gasteiger partial charge in [-0.05, 0) is 36.8 Å². The number of nitrogens with one attached hydrogen (secondary N) is 1. The summed E-state index contributed by atoms with van der Waals surface area (Å²) in [6.07, 6.45) is -0.922. The number of aliphatic hydroxyl groups is 1. The minimum Gasteiger partial charge on any atom is -0.497 e. The van der Waals surface area contributed by atoms with E-state index in [2.05, 4.69) is 5.32 Å². The molecule has 2 atom stereocenters. The predicted molar refractivity (Wildman–Crippen MR) is 97.4 cm³/mol. The van der Waals surface area contributed by atoms with Crippen LogP contribution in [0.5, 0.6) is 5.75 Å². The number of carbonyl (C=O) groups excluding carboxylic acids is 3. The second-order valence-corrected chi connectivity index (χ2v) is 6.24. The van der Waals surface area contributed by atoms with Gasteiger partial charge in [-0.3, -0.25) is 19.3 Å². The molecule has 0 bridgehead atoms. The maximum Gasteiger partial charge on any atom is 0.262 e. The number of fused-ring (bicyclic) bond motifs is 1. The molecule has 2 aromatic carbocycles. The first-order valence-electron chi connectivity index (χ1n) is 8.50. The van der Waals surface area contributed by atoms with E-state index in [9.17, 15) is 19.5 Å². The van der Waals surface area contributed by atoms with Gasteiger partial charge >= 0.3 is 0 Å².